The van der Waals surface area contributed by atoms with Gasteiger partial charge in [-0.3, -0.25) is 15.4 Å². The summed E-state index contributed by atoms with van der Waals surface area (Å²) in [6.07, 6.45) is 5.79. The molecule has 0 aromatic heterocycles. The number of nitrogens with one attached hydrogen (secondary N) is 2. The van der Waals surface area contributed by atoms with Crippen LogP contribution in [-0.4, -0.2) is 35.7 Å². The Morgan fingerprint density at radius 1 is 1.29 bits per heavy atom. The van der Waals surface area contributed by atoms with E-state index in [1.54, 1.807) is 0 Å². The van der Waals surface area contributed by atoms with Gasteiger partial charge in [-0.15, -0.1) is 0 Å². The van der Waals surface area contributed by atoms with Gasteiger partial charge in [0, 0.05) is 25.0 Å². The summed E-state index contributed by atoms with van der Waals surface area (Å²) in [6, 6.07) is 1.01. The molecule has 0 radical (unpaired) electrons. The van der Waals surface area contributed by atoms with Gasteiger partial charge in [-0.25, -0.2) is 0 Å². The third-order valence-electron chi connectivity index (χ3n) is 3.70. The first-order chi connectivity index (χ1) is 6.86. The largest absolute Gasteiger partial charge is 0.310 e. The molecule has 2 N–H and O–H groups in total. The van der Waals surface area contributed by atoms with Gasteiger partial charge < -0.3 is 4.90 Å². The Balaban J connectivity index is 1.83. The maximum atomic E-state index is 11.8. The van der Waals surface area contributed by atoms with Gasteiger partial charge in [-0.1, -0.05) is 12.8 Å². The molecule has 3 unspecified atom stereocenters. The second-order valence-corrected chi connectivity index (χ2v) is 4.53. The lowest BCUT2D eigenvalue weighted by molar-refractivity contribution is -0.137. The van der Waals surface area contributed by atoms with Crippen molar-refractivity contribution in [1.82, 2.24) is 15.5 Å². The average Bonchev–Trinajstić information content (AvgIpc) is 2.57. The fourth-order valence-corrected chi connectivity index (χ4v) is 3.04. The van der Waals surface area contributed by atoms with Crippen molar-refractivity contribution in [2.24, 2.45) is 0 Å². The summed E-state index contributed by atoms with van der Waals surface area (Å²) < 4.78 is 0. The Morgan fingerprint density at radius 3 is 3.07 bits per heavy atom. The molecular formula is C10H17N3O. The zero-order valence-corrected chi connectivity index (χ0v) is 8.33. The number of amides is 1. The number of hydrogen-bond acceptors (Lipinski definition) is 3. The van der Waals surface area contributed by atoms with Crippen LogP contribution in [-0.2, 0) is 4.79 Å². The van der Waals surface area contributed by atoms with Crippen molar-refractivity contribution in [2.75, 3.05) is 6.54 Å². The first-order valence-corrected chi connectivity index (χ1v) is 5.67. The monoisotopic (exact) mass is 195 g/mol. The molecule has 0 aromatic rings. The van der Waals surface area contributed by atoms with E-state index in [2.05, 4.69) is 10.6 Å². The van der Waals surface area contributed by atoms with Crippen LogP contribution in [0.2, 0.25) is 0 Å². The van der Waals surface area contributed by atoms with Gasteiger partial charge in [0.2, 0.25) is 5.91 Å². The summed E-state index contributed by atoms with van der Waals surface area (Å²) in [5, 5.41) is 6.88. The van der Waals surface area contributed by atoms with Crippen LogP contribution in [0.15, 0.2) is 0 Å². The number of hydrogen-bond donors (Lipinski definition) is 2. The van der Waals surface area contributed by atoms with Crippen LogP contribution in [0.1, 0.15) is 32.1 Å². The van der Waals surface area contributed by atoms with Gasteiger partial charge in [-0.2, -0.15) is 0 Å². The molecule has 3 rings (SSSR count). The third-order valence-corrected chi connectivity index (χ3v) is 3.70. The van der Waals surface area contributed by atoms with E-state index in [4.69, 9.17) is 0 Å². The molecule has 3 aliphatic rings. The maximum Gasteiger partial charge on any atom is 0.226 e. The molecule has 1 amide bonds. The summed E-state index contributed by atoms with van der Waals surface area (Å²) >= 11 is 0. The van der Waals surface area contributed by atoms with E-state index in [9.17, 15) is 4.79 Å². The predicted molar refractivity (Wildman–Crippen MR) is 52.4 cm³/mol. The van der Waals surface area contributed by atoms with Gasteiger partial charge in [0.05, 0.1) is 0 Å². The van der Waals surface area contributed by atoms with E-state index < -0.39 is 0 Å². The van der Waals surface area contributed by atoms with Crippen molar-refractivity contribution >= 4 is 5.91 Å². The highest BCUT2D eigenvalue weighted by Gasteiger charge is 2.45. The predicted octanol–water partition coefficient (Wildman–Crippen LogP) is 0.00630. The number of carbonyl (C=O) groups is 1. The lowest BCUT2D eigenvalue weighted by Gasteiger charge is -2.35. The van der Waals surface area contributed by atoms with Gasteiger partial charge in [0.1, 0.15) is 6.29 Å². The highest BCUT2D eigenvalue weighted by Crippen LogP contribution is 2.30. The molecule has 1 saturated carbocycles. The number of fused-ring (bicyclic) bond motifs is 3. The molecule has 1 aliphatic carbocycles. The SMILES string of the molecule is O=C1CCNC2NC3CCCCC3N12. The Morgan fingerprint density at radius 2 is 2.14 bits per heavy atom. The van der Waals surface area contributed by atoms with Crippen LogP contribution < -0.4 is 10.6 Å². The molecule has 14 heavy (non-hydrogen) atoms. The molecule has 0 aromatic carbocycles. The molecule has 0 bridgehead atoms. The molecule has 2 saturated heterocycles. The minimum atomic E-state index is 0.129. The van der Waals surface area contributed by atoms with Gasteiger partial charge in [0.25, 0.3) is 0 Å². The quantitative estimate of drug-likeness (QED) is 0.572. The highest BCUT2D eigenvalue weighted by molar-refractivity contribution is 5.78. The van der Waals surface area contributed by atoms with Crippen molar-refractivity contribution < 1.29 is 4.79 Å². The van der Waals surface area contributed by atoms with E-state index in [-0.39, 0.29) is 6.29 Å². The summed E-state index contributed by atoms with van der Waals surface area (Å²) in [4.78, 5) is 13.8. The topological polar surface area (TPSA) is 44.4 Å². The van der Waals surface area contributed by atoms with E-state index in [1.807, 2.05) is 4.90 Å². The van der Waals surface area contributed by atoms with Gasteiger partial charge in [-0.05, 0) is 12.8 Å². The summed E-state index contributed by atoms with van der Waals surface area (Å²) in [5.41, 5.74) is 0. The second-order valence-electron chi connectivity index (χ2n) is 4.53. The maximum absolute atomic E-state index is 11.8. The fraction of sp³-hybridized carbons (Fsp3) is 0.900. The minimum absolute atomic E-state index is 0.129. The van der Waals surface area contributed by atoms with E-state index in [1.165, 1.54) is 25.7 Å². The summed E-state index contributed by atoms with van der Waals surface area (Å²) in [6.45, 7) is 0.826. The van der Waals surface area contributed by atoms with Crippen molar-refractivity contribution in [2.45, 2.75) is 50.5 Å². The van der Waals surface area contributed by atoms with Crippen molar-refractivity contribution in [3.05, 3.63) is 0 Å². The van der Waals surface area contributed by atoms with Crippen LogP contribution >= 0.6 is 0 Å². The zero-order valence-electron chi connectivity index (χ0n) is 8.33. The molecule has 0 spiro atoms. The van der Waals surface area contributed by atoms with Crippen molar-refractivity contribution in [3.8, 4) is 0 Å². The third kappa shape index (κ3) is 1.17. The normalized spacial score (nSPS) is 42.1. The summed E-state index contributed by atoms with van der Waals surface area (Å²) in [7, 11) is 0. The van der Waals surface area contributed by atoms with Crippen LogP contribution in [0.3, 0.4) is 0 Å². The van der Waals surface area contributed by atoms with Crippen molar-refractivity contribution in [1.29, 1.82) is 0 Å². The van der Waals surface area contributed by atoms with Gasteiger partial charge in [0.15, 0.2) is 0 Å². The Kier molecular flexibility index (Phi) is 1.99. The Bertz CT molecular complexity index is 256. The number of rotatable bonds is 0. The van der Waals surface area contributed by atoms with E-state index in [0.717, 1.165) is 6.54 Å². The number of carbonyl (C=O) groups excluding carboxylic acids is 1. The second kappa shape index (κ2) is 3.21. The van der Waals surface area contributed by atoms with Crippen LogP contribution in [0.25, 0.3) is 0 Å². The first kappa shape index (κ1) is 8.68. The molecule has 4 nitrogen and oxygen atoms in total. The first-order valence-electron chi connectivity index (χ1n) is 5.67. The molecular weight excluding hydrogens is 178 g/mol. The van der Waals surface area contributed by atoms with Crippen molar-refractivity contribution in [3.63, 3.8) is 0 Å². The molecule has 3 fully saturated rings. The van der Waals surface area contributed by atoms with E-state index in [0.29, 0.717) is 24.4 Å². The van der Waals surface area contributed by atoms with Gasteiger partial charge >= 0.3 is 0 Å². The lowest BCUT2D eigenvalue weighted by Crippen LogP contribution is -2.56. The average molecular weight is 195 g/mol. The molecule has 78 valence electrons. The molecule has 4 heteroatoms. The molecule has 2 heterocycles. The van der Waals surface area contributed by atoms with Crippen LogP contribution in [0.4, 0.5) is 0 Å². The lowest BCUT2D eigenvalue weighted by atomic mass is 9.91. The highest BCUT2D eigenvalue weighted by atomic mass is 16.2. The molecule has 3 atom stereocenters. The Labute approximate surface area is 84.0 Å². The smallest absolute Gasteiger partial charge is 0.226 e. The zero-order chi connectivity index (χ0) is 9.54. The minimum Gasteiger partial charge on any atom is -0.310 e. The number of nitrogens with zero attached hydrogens (tertiary/aromatic N) is 1. The Hall–Kier alpha value is -0.610. The standard InChI is InChI=1S/C10H17N3O/c14-9-5-6-11-10-12-7-3-1-2-4-8(7)13(9)10/h7-8,10-12H,1-6H2. The molecule has 2 aliphatic heterocycles. The van der Waals surface area contributed by atoms with E-state index >= 15 is 0 Å². The fourth-order valence-electron chi connectivity index (χ4n) is 3.04. The van der Waals surface area contributed by atoms with Crippen LogP contribution in [0.5, 0.6) is 0 Å². The summed E-state index contributed by atoms with van der Waals surface area (Å²) in [5.74, 6) is 0.329. The van der Waals surface area contributed by atoms with Crippen LogP contribution in [0, 0.1) is 0 Å².